The molecule has 1 aromatic carbocycles. The summed E-state index contributed by atoms with van der Waals surface area (Å²) in [4.78, 5) is 14.2. The molecule has 1 heterocycles. The molecule has 0 bridgehead atoms. The first-order valence-electron chi connectivity index (χ1n) is 7.70. The molecule has 1 saturated heterocycles. The second-order valence-electron chi connectivity index (χ2n) is 6.00. The number of carbonyl (C=O) groups is 1. The Hall–Kier alpha value is -1.06. The first kappa shape index (κ1) is 18.0. The van der Waals surface area contributed by atoms with Crippen LogP contribution < -0.4 is 5.73 Å². The molecule has 118 valence electrons. The Balaban J connectivity index is 0.00000220. The van der Waals surface area contributed by atoms with Gasteiger partial charge in [-0.05, 0) is 30.7 Å². The normalized spacial score (nSPS) is 23.3. The third-order valence-corrected chi connectivity index (χ3v) is 4.34. The summed E-state index contributed by atoms with van der Waals surface area (Å²) in [7, 11) is 0. The number of carbonyl (C=O) groups excluding carboxylic acids is 1. The fraction of sp³-hybridized carbons (Fsp3) is 0.588. The molecule has 4 heteroatoms. The number of halogens is 1. The lowest BCUT2D eigenvalue weighted by Gasteiger charge is -2.39. The van der Waals surface area contributed by atoms with Crippen LogP contribution in [0, 0.1) is 5.92 Å². The lowest BCUT2D eigenvalue weighted by Crippen LogP contribution is -2.44. The fourth-order valence-corrected chi connectivity index (χ4v) is 3.22. The summed E-state index contributed by atoms with van der Waals surface area (Å²) in [6.07, 6.45) is 2.64. The summed E-state index contributed by atoms with van der Waals surface area (Å²) >= 11 is 0. The van der Waals surface area contributed by atoms with Gasteiger partial charge in [0.15, 0.2) is 0 Å². The highest BCUT2D eigenvalue weighted by Gasteiger charge is 2.31. The second kappa shape index (κ2) is 8.40. The van der Waals surface area contributed by atoms with Gasteiger partial charge in [-0.2, -0.15) is 0 Å². The minimum absolute atomic E-state index is 0. The Morgan fingerprint density at radius 2 is 2.05 bits per heavy atom. The van der Waals surface area contributed by atoms with E-state index in [1.165, 1.54) is 5.56 Å². The molecule has 3 nitrogen and oxygen atoms in total. The SMILES string of the molecule is CCC1CN(C(=O)CC(C)N)CCC1c1ccccc1.Cl. The first-order chi connectivity index (χ1) is 9.61. The van der Waals surface area contributed by atoms with Crippen molar-refractivity contribution in [1.82, 2.24) is 4.90 Å². The summed E-state index contributed by atoms with van der Waals surface area (Å²) in [5.74, 6) is 1.36. The summed E-state index contributed by atoms with van der Waals surface area (Å²) in [5.41, 5.74) is 7.15. The molecule has 1 aliphatic rings. The molecule has 1 fully saturated rings. The molecule has 0 spiro atoms. The molecule has 0 radical (unpaired) electrons. The Morgan fingerprint density at radius 1 is 1.38 bits per heavy atom. The van der Waals surface area contributed by atoms with Crippen molar-refractivity contribution in [2.24, 2.45) is 11.7 Å². The van der Waals surface area contributed by atoms with Gasteiger partial charge in [-0.1, -0.05) is 43.7 Å². The van der Waals surface area contributed by atoms with Crippen molar-refractivity contribution in [2.45, 2.75) is 45.1 Å². The summed E-state index contributed by atoms with van der Waals surface area (Å²) in [5, 5.41) is 0. The maximum atomic E-state index is 12.2. The lowest BCUT2D eigenvalue weighted by molar-refractivity contribution is -0.133. The summed E-state index contributed by atoms with van der Waals surface area (Å²) < 4.78 is 0. The maximum absolute atomic E-state index is 12.2. The van der Waals surface area contributed by atoms with Gasteiger partial charge < -0.3 is 10.6 Å². The topological polar surface area (TPSA) is 46.3 Å². The minimum Gasteiger partial charge on any atom is -0.342 e. The molecule has 0 aromatic heterocycles. The van der Waals surface area contributed by atoms with Crippen LogP contribution in [0.25, 0.3) is 0 Å². The average Bonchev–Trinajstić information content (AvgIpc) is 2.46. The number of piperidine rings is 1. The molecule has 0 saturated carbocycles. The fourth-order valence-electron chi connectivity index (χ4n) is 3.22. The number of nitrogens with zero attached hydrogens (tertiary/aromatic N) is 1. The Kier molecular flexibility index (Phi) is 7.20. The quantitative estimate of drug-likeness (QED) is 0.928. The van der Waals surface area contributed by atoms with Crippen molar-refractivity contribution < 1.29 is 4.79 Å². The van der Waals surface area contributed by atoms with Crippen molar-refractivity contribution >= 4 is 18.3 Å². The summed E-state index contributed by atoms with van der Waals surface area (Å²) in [6.45, 7) is 5.86. The number of likely N-dealkylation sites (tertiary alicyclic amines) is 1. The molecule has 21 heavy (non-hydrogen) atoms. The van der Waals surface area contributed by atoms with Crippen LogP contribution in [-0.2, 0) is 4.79 Å². The van der Waals surface area contributed by atoms with Crippen molar-refractivity contribution in [3.05, 3.63) is 35.9 Å². The molecule has 3 atom stereocenters. The average molecular weight is 311 g/mol. The lowest BCUT2D eigenvalue weighted by atomic mass is 9.79. The van der Waals surface area contributed by atoms with Crippen molar-refractivity contribution in [3.63, 3.8) is 0 Å². The number of rotatable bonds is 4. The smallest absolute Gasteiger partial charge is 0.224 e. The Bertz CT molecular complexity index is 436. The predicted octanol–water partition coefficient (Wildman–Crippen LogP) is 3.19. The van der Waals surface area contributed by atoms with Crippen LogP contribution in [0.5, 0.6) is 0 Å². The molecule has 2 rings (SSSR count). The zero-order valence-electron chi connectivity index (χ0n) is 13.0. The van der Waals surface area contributed by atoms with Gasteiger partial charge >= 0.3 is 0 Å². The van der Waals surface area contributed by atoms with E-state index < -0.39 is 0 Å². The van der Waals surface area contributed by atoms with Crippen LogP contribution in [0.1, 0.15) is 44.6 Å². The van der Waals surface area contributed by atoms with Crippen LogP contribution in [0.4, 0.5) is 0 Å². The van der Waals surface area contributed by atoms with Crippen LogP contribution in [0.3, 0.4) is 0 Å². The van der Waals surface area contributed by atoms with Gasteiger partial charge in [-0.25, -0.2) is 0 Å². The molecule has 1 aromatic rings. The number of nitrogens with two attached hydrogens (primary N) is 1. The number of benzene rings is 1. The van der Waals surface area contributed by atoms with Crippen molar-refractivity contribution in [3.8, 4) is 0 Å². The minimum atomic E-state index is -0.0468. The van der Waals surface area contributed by atoms with Crippen LogP contribution >= 0.6 is 12.4 Å². The monoisotopic (exact) mass is 310 g/mol. The van der Waals surface area contributed by atoms with Gasteiger partial charge in [0, 0.05) is 25.6 Å². The molecule has 3 unspecified atom stereocenters. The van der Waals surface area contributed by atoms with Crippen LogP contribution in [-0.4, -0.2) is 29.9 Å². The molecular formula is C17H27ClN2O. The van der Waals surface area contributed by atoms with Gasteiger partial charge in [0.1, 0.15) is 0 Å². The Morgan fingerprint density at radius 3 is 2.62 bits per heavy atom. The molecule has 1 amide bonds. The van der Waals surface area contributed by atoms with Gasteiger partial charge in [0.2, 0.25) is 5.91 Å². The predicted molar refractivity (Wildman–Crippen MR) is 89.7 cm³/mol. The van der Waals surface area contributed by atoms with E-state index in [4.69, 9.17) is 5.73 Å². The molecular weight excluding hydrogens is 284 g/mol. The standard InChI is InChI=1S/C17H26N2O.ClH/c1-3-14-12-19(17(20)11-13(2)18)10-9-16(14)15-7-5-4-6-8-15;/h4-8,13-14,16H,3,9-12,18H2,1-2H3;1H. The zero-order chi connectivity index (χ0) is 14.5. The highest BCUT2D eigenvalue weighted by molar-refractivity contribution is 5.85. The second-order valence-corrected chi connectivity index (χ2v) is 6.00. The van der Waals surface area contributed by atoms with E-state index in [2.05, 4.69) is 37.3 Å². The van der Waals surface area contributed by atoms with E-state index in [0.717, 1.165) is 25.9 Å². The van der Waals surface area contributed by atoms with E-state index >= 15 is 0 Å². The zero-order valence-corrected chi connectivity index (χ0v) is 13.8. The molecule has 2 N–H and O–H groups in total. The van der Waals surface area contributed by atoms with E-state index in [1.807, 2.05) is 11.8 Å². The largest absolute Gasteiger partial charge is 0.342 e. The first-order valence-corrected chi connectivity index (χ1v) is 7.70. The third-order valence-electron chi connectivity index (χ3n) is 4.34. The van der Waals surface area contributed by atoms with Gasteiger partial charge in [-0.3, -0.25) is 4.79 Å². The number of hydrogen-bond donors (Lipinski definition) is 1. The Labute approximate surface area is 134 Å². The van der Waals surface area contributed by atoms with E-state index in [9.17, 15) is 4.79 Å². The maximum Gasteiger partial charge on any atom is 0.224 e. The van der Waals surface area contributed by atoms with Gasteiger partial charge in [-0.15, -0.1) is 12.4 Å². The summed E-state index contributed by atoms with van der Waals surface area (Å²) in [6, 6.07) is 10.7. The van der Waals surface area contributed by atoms with E-state index in [1.54, 1.807) is 0 Å². The van der Waals surface area contributed by atoms with Crippen LogP contribution in [0.2, 0.25) is 0 Å². The van der Waals surface area contributed by atoms with E-state index in [0.29, 0.717) is 18.3 Å². The highest BCUT2D eigenvalue weighted by Crippen LogP contribution is 2.34. The van der Waals surface area contributed by atoms with Gasteiger partial charge in [0.05, 0.1) is 0 Å². The molecule has 1 aliphatic heterocycles. The van der Waals surface area contributed by atoms with E-state index in [-0.39, 0.29) is 24.4 Å². The molecule has 0 aliphatic carbocycles. The highest BCUT2D eigenvalue weighted by atomic mass is 35.5. The van der Waals surface area contributed by atoms with Gasteiger partial charge in [0.25, 0.3) is 0 Å². The number of amides is 1. The van der Waals surface area contributed by atoms with Crippen LogP contribution in [0.15, 0.2) is 30.3 Å². The van der Waals surface area contributed by atoms with Crippen molar-refractivity contribution in [2.75, 3.05) is 13.1 Å². The van der Waals surface area contributed by atoms with Crippen molar-refractivity contribution in [1.29, 1.82) is 0 Å². The third kappa shape index (κ3) is 4.72. The number of hydrogen-bond acceptors (Lipinski definition) is 2.